The van der Waals surface area contributed by atoms with E-state index in [0.29, 0.717) is 10.2 Å². The highest BCUT2D eigenvalue weighted by molar-refractivity contribution is 7.97. The lowest BCUT2D eigenvalue weighted by Crippen LogP contribution is -2.34. The van der Waals surface area contributed by atoms with E-state index in [-0.39, 0.29) is 5.54 Å². The zero-order valence-electron chi connectivity index (χ0n) is 11.2. The van der Waals surface area contributed by atoms with Crippen LogP contribution in [-0.4, -0.2) is 10.5 Å². The van der Waals surface area contributed by atoms with Crippen LogP contribution in [0.1, 0.15) is 32.6 Å². The molecule has 3 rings (SSSR count). The van der Waals surface area contributed by atoms with Crippen molar-refractivity contribution in [2.24, 2.45) is 0 Å². The van der Waals surface area contributed by atoms with E-state index in [1.54, 1.807) is 18.1 Å². The molecule has 0 amide bonds. The van der Waals surface area contributed by atoms with E-state index in [4.69, 9.17) is 23.2 Å². The van der Waals surface area contributed by atoms with Crippen molar-refractivity contribution in [1.29, 1.82) is 0 Å². The van der Waals surface area contributed by atoms with Gasteiger partial charge in [0.25, 0.3) is 0 Å². The molecule has 0 radical (unpaired) electrons. The van der Waals surface area contributed by atoms with Gasteiger partial charge in [0.15, 0.2) is 0 Å². The second-order valence-corrected chi connectivity index (χ2v) is 7.22. The fraction of sp³-hybridized carbons (Fsp3) is 0.400. The molecule has 1 N–H and O–H groups in total. The average molecular weight is 327 g/mol. The summed E-state index contributed by atoms with van der Waals surface area (Å²) in [6.45, 7) is 2.29. The second kappa shape index (κ2) is 5.72. The number of hydrogen-bond acceptors (Lipinski definition) is 3. The largest absolute Gasteiger partial charge is 0.254 e. The third-order valence-corrected chi connectivity index (χ3v) is 5.57. The van der Waals surface area contributed by atoms with Crippen molar-refractivity contribution < 1.29 is 0 Å². The molecular weight excluding hydrogens is 311 g/mol. The van der Waals surface area contributed by atoms with Gasteiger partial charge in [0.1, 0.15) is 5.15 Å². The van der Waals surface area contributed by atoms with Crippen molar-refractivity contribution in [3.63, 3.8) is 0 Å². The maximum Gasteiger partial charge on any atom is 0.136 e. The number of hydrogen-bond donors (Lipinski definition) is 1. The van der Waals surface area contributed by atoms with Crippen LogP contribution in [0.4, 0.5) is 0 Å². The fourth-order valence-corrected chi connectivity index (χ4v) is 3.96. The predicted octanol–water partition coefficient (Wildman–Crippen LogP) is 5.47. The van der Waals surface area contributed by atoms with E-state index in [2.05, 4.69) is 22.7 Å². The van der Waals surface area contributed by atoms with Gasteiger partial charge in [-0.05, 0) is 43.8 Å². The SMILES string of the molecule is CC1(NSc2ccc3c(Cl)cnc(Cl)c3c2)CCCC1. The Morgan fingerprint density at radius 2 is 1.95 bits per heavy atom. The van der Waals surface area contributed by atoms with E-state index in [9.17, 15) is 0 Å². The number of halogens is 2. The van der Waals surface area contributed by atoms with Crippen LogP contribution in [0, 0.1) is 0 Å². The third-order valence-electron chi connectivity index (χ3n) is 3.88. The summed E-state index contributed by atoms with van der Waals surface area (Å²) in [6.07, 6.45) is 6.70. The number of pyridine rings is 1. The normalized spacial score (nSPS) is 17.8. The first-order chi connectivity index (χ1) is 9.57. The highest BCUT2D eigenvalue weighted by atomic mass is 35.5. The molecule has 1 heterocycles. The smallest absolute Gasteiger partial charge is 0.136 e. The van der Waals surface area contributed by atoms with Crippen LogP contribution in [0.3, 0.4) is 0 Å². The summed E-state index contributed by atoms with van der Waals surface area (Å²) in [6, 6.07) is 6.12. The lowest BCUT2D eigenvalue weighted by Gasteiger charge is -2.24. The van der Waals surface area contributed by atoms with Crippen molar-refractivity contribution in [1.82, 2.24) is 9.71 Å². The van der Waals surface area contributed by atoms with Crippen molar-refractivity contribution in [2.45, 2.75) is 43.0 Å². The number of nitrogens with one attached hydrogen (secondary N) is 1. The Bertz CT molecular complexity index is 639. The topological polar surface area (TPSA) is 24.9 Å². The molecule has 106 valence electrons. The van der Waals surface area contributed by atoms with Crippen LogP contribution < -0.4 is 4.72 Å². The first-order valence-corrected chi connectivity index (χ1v) is 8.32. The Morgan fingerprint density at radius 3 is 2.70 bits per heavy atom. The number of rotatable bonds is 3. The zero-order valence-corrected chi connectivity index (χ0v) is 13.6. The maximum atomic E-state index is 6.16. The molecule has 1 aliphatic rings. The maximum absolute atomic E-state index is 6.16. The monoisotopic (exact) mass is 326 g/mol. The van der Waals surface area contributed by atoms with Gasteiger partial charge in [0, 0.05) is 27.4 Å². The highest BCUT2D eigenvalue weighted by Gasteiger charge is 2.28. The van der Waals surface area contributed by atoms with Crippen LogP contribution >= 0.6 is 35.1 Å². The minimum absolute atomic E-state index is 0.246. The number of benzene rings is 1. The van der Waals surface area contributed by atoms with Crippen LogP contribution in [0.5, 0.6) is 0 Å². The van der Waals surface area contributed by atoms with Gasteiger partial charge >= 0.3 is 0 Å². The van der Waals surface area contributed by atoms with Gasteiger partial charge < -0.3 is 0 Å². The van der Waals surface area contributed by atoms with Gasteiger partial charge in [-0.2, -0.15) is 0 Å². The Morgan fingerprint density at radius 1 is 1.20 bits per heavy atom. The third kappa shape index (κ3) is 2.91. The predicted molar refractivity (Wildman–Crippen MR) is 87.6 cm³/mol. The zero-order chi connectivity index (χ0) is 14.2. The highest BCUT2D eigenvalue weighted by Crippen LogP contribution is 2.34. The molecule has 5 heteroatoms. The Hall–Kier alpha value is -0.480. The molecule has 1 saturated carbocycles. The number of fused-ring (bicyclic) bond motifs is 1. The standard InChI is InChI=1S/C15H16Cl2N2S/c1-15(6-2-3-7-15)19-20-10-4-5-11-12(8-10)14(17)18-9-13(11)16/h4-5,8-9,19H,2-3,6-7H2,1H3. The van der Waals surface area contributed by atoms with Crippen LogP contribution in [-0.2, 0) is 0 Å². The molecule has 1 aromatic carbocycles. The van der Waals surface area contributed by atoms with Gasteiger partial charge in [0.05, 0.1) is 5.02 Å². The summed E-state index contributed by atoms with van der Waals surface area (Å²) in [5, 5.41) is 2.99. The summed E-state index contributed by atoms with van der Waals surface area (Å²) in [7, 11) is 0. The molecule has 1 aromatic heterocycles. The molecule has 0 atom stereocenters. The fourth-order valence-electron chi connectivity index (χ4n) is 2.66. The molecular formula is C15H16Cl2N2S. The van der Waals surface area contributed by atoms with E-state index < -0.39 is 0 Å². The lowest BCUT2D eigenvalue weighted by molar-refractivity contribution is 0.451. The molecule has 2 nitrogen and oxygen atoms in total. The van der Waals surface area contributed by atoms with Crippen molar-refractivity contribution in [3.05, 3.63) is 34.6 Å². The van der Waals surface area contributed by atoms with Gasteiger partial charge in [-0.3, -0.25) is 4.72 Å². The summed E-state index contributed by atoms with van der Waals surface area (Å²) >= 11 is 14.0. The van der Waals surface area contributed by atoms with Gasteiger partial charge in [-0.15, -0.1) is 0 Å². The van der Waals surface area contributed by atoms with Gasteiger partial charge in [0.2, 0.25) is 0 Å². The lowest BCUT2D eigenvalue weighted by atomic mass is 10.0. The minimum atomic E-state index is 0.246. The first-order valence-electron chi connectivity index (χ1n) is 6.75. The Labute approximate surface area is 133 Å². The van der Waals surface area contributed by atoms with Crippen molar-refractivity contribution in [2.75, 3.05) is 0 Å². The molecule has 0 unspecified atom stereocenters. The Balaban J connectivity index is 1.84. The van der Waals surface area contributed by atoms with Crippen LogP contribution in [0.15, 0.2) is 29.3 Å². The average Bonchev–Trinajstić information content (AvgIpc) is 2.88. The quantitative estimate of drug-likeness (QED) is 0.597. The van der Waals surface area contributed by atoms with Gasteiger partial charge in [-0.1, -0.05) is 42.1 Å². The number of nitrogens with zero attached hydrogens (tertiary/aromatic N) is 1. The molecule has 0 saturated heterocycles. The summed E-state index contributed by atoms with van der Waals surface area (Å²) in [4.78, 5) is 5.24. The van der Waals surface area contributed by atoms with Crippen molar-refractivity contribution >= 4 is 45.9 Å². The second-order valence-electron chi connectivity index (χ2n) is 5.58. The number of aromatic nitrogens is 1. The molecule has 20 heavy (non-hydrogen) atoms. The van der Waals surface area contributed by atoms with Crippen LogP contribution in [0.25, 0.3) is 10.8 Å². The minimum Gasteiger partial charge on any atom is -0.254 e. The van der Waals surface area contributed by atoms with E-state index >= 15 is 0 Å². The summed E-state index contributed by atoms with van der Waals surface area (Å²) in [5.41, 5.74) is 0.246. The van der Waals surface area contributed by atoms with Gasteiger partial charge in [-0.25, -0.2) is 4.98 Å². The molecule has 0 bridgehead atoms. The van der Waals surface area contributed by atoms with E-state index in [1.165, 1.54) is 25.7 Å². The Kier molecular flexibility index (Phi) is 4.14. The molecule has 2 aromatic rings. The molecule has 0 spiro atoms. The summed E-state index contributed by atoms with van der Waals surface area (Å²) < 4.78 is 3.59. The van der Waals surface area contributed by atoms with E-state index in [1.807, 2.05) is 12.1 Å². The first kappa shape index (κ1) is 14.5. The molecule has 1 aliphatic carbocycles. The summed E-state index contributed by atoms with van der Waals surface area (Å²) in [5.74, 6) is 0. The van der Waals surface area contributed by atoms with Crippen molar-refractivity contribution in [3.8, 4) is 0 Å². The van der Waals surface area contributed by atoms with E-state index in [0.717, 1.165) is 15.7 Å². The molecule has 1 fully saturated rings. The van der Waals surface area contributed by atoms with Crippen LogP contribution in [0.2, 0.25) is 10.2 Å². The molecule has 0 aliphatic heterocycles.